The minimum Gasteiger partial charge on any atom is -0.384 e. The van der Waals surface area contributed by atoms with Gasteiger partial charge in [0.05, 0.1) is 23.8 Å². The summed E-state index contributed by atoms with van der Waals surface area (Å²) in [4.78, 5) is 4.24. The second kappa shape index (κ2) is 6.14. The Kier molecular flexibility index (Phi) is 4.06. The summed E-state index contributed by atoms with van der Waals surface area (Å²) in [5, 5.41) is 9.08. The molecule has 0 fully saturated rings. The number of nitrogens with zero attached hydrogens (tertiary/aromatic N) is 1. The van der Waals surface area contributed by atoms with Crippen LogP contribution in [0.3, 0.4) is 0 Å². The Morgan fingerprint density at radius 2 is 1.67 bits per heavy atom. The van der Waals surface area contributed by atoms with Gasteiger partial charge in [-0.2, -0.15) is 0 Å². The summed E-state index contributed by atoms with van der Waals surface area (Å²) < 4.78 is 1.10. The van der Waals surface area contributed by atoms with E-state index in [0.717, 1.165) is 28.1 Å². The van der Waals surface area contributed by atoms with E-state index in [1.807, 2.05) is 12.4 Å². The average Bonchev–Trinajstić information content (AvgIpc) is 2.48. The zero-order valence-electron chi connectivity index (χ0n) is 11.7. The van der Waals surface area contributed by atoms with Crippen molar-refractivity contribution in [3.05, 3.63) is 59.3 Å². The number of hydrogen-bond acceptors (Lipinski definition) is 3. The highest BCUT2D eigenvalue weighted by atomic mass is 79.9. The highest BCUT2D eigenvalue weighted by molar-refractivity contribution is 9.10. The Bertz CT molecular complexity index is 771. The van der Waals surface area contributed by atoms with Gasteiger partial charge in [-0.15, -0.1) is 0 Å². The summed E-state index contributed by atoms with van der Waals surface area (Å²) in [6.07, 6.45) is 3.65. The van der Waals surface area contributed by atoms with Gasteiger partial charge in [0.2, 0.25) is 0 Å². The lowest BCUT2D eigenvalue weighted by molar-refractivity contribution is 1.19. The van der Waals surface area contributed by atoms with Gasteiger partial charge in [0.25, 0.3) is 0 Å². The molecule has 106 valence electrons. The van der Waals surface area contributed by atoms with E-state index in [1.54, 1.807) is 0 Å². The molecule has 0 aliphatic heterocycles. The number of nitrogens with one attached hydrogen (secondary N) is 2. The summed E-state index contributed by atoms with van der Waals surface area (Å²) in [6.45, 7) is 2.96. The van der Waals surface area contributed by atoms with Gasteiger partial charge in [-0.1, -0.05) is 28.1 Å². The first-order valence-corrected chi connectivity index (χ1v) is 7.69. The van der Waals surface area contributed by atoms with Gasteiger partial charge in [-0.25, -0.2) is 0 Å². The van der Waals surface area contributed by atoms with E-state index in [2.05, 4.69) is 80.9 Å². The molecule has 1 aromatic heterocycles. The number of anilines is 3. The molecule has 0 spiro atoms. The van der Waals surface area contributed by atoms with Crippen LogP contribution in [-0.4, -0.2) is 11.5 Å². The summed E-state index contributed by atoms with van der Waals surface area (Å²) in [5.74, 6) is 0. The lowest BCUT2D eigenvalue weighted by atomic mass is 10.1. The maximum Gasteiger partial charge on any atom is 0.0591 e. The van der Waals surface area contributed by atoms with Gasteiger partial charge in [0.15, 0.2) is 0 Å². The van der Waals surface area contributed by atoms with Crippen molar-refractivity contribution >= 4 is 43.8 Å². The van der Waals surface area contributed by atoms with Gasteiger partial charge in [-0.05, 0) is 48.0 Å². The first-order chi connectivity index (χ1) is 10.2. The number of aromatic nitrogens is 1. The van der Waals surface area contributed by atoms with Gasteiger partial charge in [0, 0.05) is 16.7 Å². The predicted octanol–water partition coefficient (Wildman–Crippen LogP) is 5.17. The van der Waals surface area contributed by atoms with Crippen molar-refractivity contribution in [2.75, 3.05) is 17.2 Å². The minimum absolute atomic E-state index is 0.885. The van der Waals surface area contributed by atoms with Crippen LogP contribution in [0.1, 0.15) is 6.92 Å². The van der Waals surface area contributed by atoms with Crippen LogP contribution in [0.5, 0.6) is 0 Å². The summed E-state index contributed by atoms with van der Waals surface area (Å²) in [7, 11) is 0. The fraction of sp³-hybridized carbons (Fsp3) is 0.118. The zero-order chi connectivity index (χ0) is 14.7. The number of hydrogen-bond donors (Lipinski definition) is 2. The van der Waals surface area contributed by atoms with Gasteiger partial charge >= 0.3 is 0 Å². The van der Waals surface area contributed by atoms with Crippen LogP contribution in [0, 0.1) is 0 Å². The quantitative estimate of drug-likeness (QED) is 0.687. The fourth-order valence-electron chi connectivity index (χ4n) is 2.27. The molecule has 2 aromatic carbocycles. The first-order valence-electron chi connectivity index (χ1n) is 6.90. The molecule has 1 heterocycles. The van der Waals surface area contributed by atoms with Crippen molar-refractivity contribution in [3.8, 4) is 0 Å². The van der Waals surface area contributed by atoms with E-state index >= 15 is 0 Å². The monoisotopic (exact) mass is 341 g/mol. The highest BCUT2D eigenvalue weighted by Crippen LogP contribution is 2.25. The van der Waals surface area contributed by atoms with Crippen molar-refractivity contribution < 1.29 is 0 Å². The Hall–Kier alpha value is -2.07. The highest BCUT2D eigenvalue weighted by Gasteiger charge is 2.00. The Morgan fingerprint density at radius 3 is 2.52 bits per heavy atom. The molecule has 0 aliphatic rings. The molecule has 0 saturated carbocycles. The zero-order valence-corrected chi connectivity index (χ0v) is 13.3. The number of pyridine rings is 1. The third-order valence-electron chi connectivity index (χ3n) is 3.21. The van der Waals surface area contributed by atoms with Crippen LogP contribution >= 0.6 is 15.9 Å². The van der Waals surface area contributed by atoms with Crippen LogP contribution in [0.25, 0.3) is 10.8 Å². The summed E-state index contributed by atoms with van der Waals surface area (Å²) in [5.41, 5.74) is 3.05. The SMILES string of the molecule is CCNc1cncc(Nc2ccc3cc(Br)ccc3c2)c1. The first kappa shape index (κ1) is 13.9. The van der Waals surface area contributed by atoms with Crippen LogP contribution in [-0.2, 0) is 0 Å². The number of halogens is 1. The lowest BCUT2D eigenvalue weighted by Crippen LogP contribution is -1.98. The smallest absolute Gasteiger partial charge is 0.0591 e. The molecule has 0 aliphatic carbocycles. The number of benzene rings is 2. The summed E-state index contributed by atoms with van der Waals surface area (Å²) >= 11 is 3.50. The average molecular weight is 342 g/mol. The molecule has 0 radical (unpaired) electrons. The molecule has 0 bridgehead atoms. The minimum atomic E-state index is 0.885. The second-order valence-electron chi connectivity index (χ2n) is 4.82. The van der Waals surface area contributed by atoms with E-state index in [9.17, 15) is 0 Å². The molecule has 0 unspecified atom stereocenters. The third-order valence-corrected chi connectivity index (χ3v) is 3.70. The fourth-order valence-corrected chi connectivity index (χ4v) is 2.65. The Balaban J connectivity index is 1.87. The van der Waals surface area contributed by atoms with Crippen LogP contribution in [0.15, 0.2) is 59.3 Å². The second-order valence-corrected chi connectivity index (χ2v) is 5.74. The summed E-state index contributed by atoms with van der Waals surface area (Å²) in [6, 6.07) is 14.7. The van der Waals surface area contributed by atoms with Crippen LogP contribution in [0.4, 0.5) is 17.1 Å². The molecule has 3 aromatic rings. The van der Waals surface area contributed by atoms with E-state index < -0.39 is 0 Å². The molecule has 21 heavy (non-hydrogen) atoms. The molecular formula is C17H16BrN3. The maximum atomic E-state index is 4.24. The predicted molar refractivity (Wildman–Crippen MR) is 93.3 cm³/mol. The van der Waals surface area contributed by atoms with E-state index in [4.69, 9.17) is 0 Å². The maximum absolute atomic E-state index is 4.24. The molecule has 3 rings (SSSR count). The Labute approximate surface area is 132 Å². The standard InChI is InChI=1S/C17H16BrN3/c1-2-20-16-9-17(11-19-10-16)21-15-6-4-12-7-14(18)5-3-13(12)8-15/h3-11,20-21H,2H2,1H3. The van der Waals surface area contributed by atoms with Gasteiger partial charge in [0.1, 0.15) is 0 Å². The van der Waals surface area contributed by atoms with Crippen molar-refractivity contribution in [2.24, 2.45) is 0 Å². The van der Waals surface area contributed by atoms with Crippen molar-refractivity contribution in [2.45, 2.75) is 6.92 Å². The number of rotatable bonds is 4. The van der Waals surface area contributed by atoms with Crippen molar-refractivity contribution in [1.82, 2.24) is 4.98 Å². The molecule has 0 saturated heterocycles. The molecule has 3 nitrogen and oxygen atoms in total. The number of fused-ring (bicyclic) bond motifs is 1. The lowest BCUT2D eigenvalue weighted by Gasteiger charge is -2.09. The van der Waals surface area contributed by atoms with Gasteiger partial charge < -0.3 is 10.6 Å². The van der Waals surface area contributed by atoms with Crippen molar-refractivity contribution in [3.63, 3.8) is 0 Å². The van der Waals surface area contributed by atoms with Gasteiger partial charge in [-0.3, -0.25) is 4.98 Å². The molecule has 4 heteroatoms. The van der Waals surface area contributed by atoms with E-state index in [-0.39, 0.29) is 0 Å². The molecule has 2 N–H and O–H groups in total. The topological polar surface area (TPSA) is 37.0 Å². The molecular weight excluding hydrogens is 326 g/mol. The van der Waals surface area contributed by atoms with E-state index in [1.165, 1.54) is 10.8 Å². The Morgan fingerprint density at radius 1 is 0.905 bits per heavy atom. The third kappa shape index (κ3) is 3.34. The largest absolute Gasteiger partial charge is 0.384 e. The normalized spacial score (nSPS) is 10.6. The molecule has 0 amide bonds. The van der Waals surface area contributed by atoms with E-state index in [0.29, 0.717) is 0 Å². The van der Waals surface area contributed by atoms with Crippen molar-refractivity contribution in [1.29, 1.82) is 0 Å². The molecule has 0 atom stereocenters. The van der Waals surface area contributed by atoms with Crippen LogP contribution in [0.2, 0.25) is 0 Å². The van der Waals surface area contributed by atoms with Crippen LogP contribution < -0.4 is 10.6 Å².